The van der Waals surface area contributed by atoms with Crippen LogP contribution >= 0.6 is 0 Å². The van der Waals surface area contributed by atoms with Gasteiger partial charge in [-0.2, -0.15) is 0 Å². The number of nitrogens with zero attached hydrogens (tertiary/aromatic N) is 2. The molecule has 0 aliphatic heterocycles. The van der Waals surface area contributed by atoms with Crippen molar-refractivity contribution in [1.82, 2.24) is 10.3 Å². The second-order valence-electron chi connectivity index (χ2n) is 3.96. The number of carboxylic acid groups (broad SMARTS) is 1. The van der Waals surface area contributed by atoms with Crippen LogP contribution < -0.4 is 10.2 Å². The molecule has 0 spiro atoms. The highest BCUT2D eigenvalue weighted by Crippen LogP contribution is 2.19. The van der Waals surface area contributed by atoms with Crippen molar-refractivity contribution in [2.45, 2.75) is 13.8 Å². The van der Waals surface area contributed by atoms with Crippen LogP contribution in [0.25, 0.3) is 0 Å². The zero-order valence-electron chi connectivity index (χ0n) is 10.7. The van der Waals surface area contributed by atoms with Crippen molar-refractivity contribution in [2.24, 2.45) is 0 Å². The Kier molecular flexibility index (Phi) is 4.65. The molecule has 0 atom stereocenters. The summed E-state index contributed by atoms with van der Waals surface area (Å²) < 4.78 is 0. The number of carbonyl (C=O) groups is 2. The van der Waals surface area contributed by atoms with Crippen LogP contribution in [0.5, 0.6) is 0 Å². The minimum atomic E-state index is -1.06. The molecule has 0 radical (unpaired) electrons. The van der Waals surface area contributed by atoms with Gasteiger partial charge in [0.2, 0.25) is 5.91 Å². The number of nitrogens with one attached hydrogen (secondary N) is 1. The van der Waals surface area contributed by atoms with Gasteiger partial charge in [0.05, 0.1) is 12.2 Å². The van der Waals surface area contributed by atoms with Gasteiger partial charge in [-0.15, -0.1) is 0 Å². The molecule has 0 aromatic carbocycles. The van der Waals surface area contributed by atoms with E-state index in [2.05, 4.69) is 10.3 Å². The topological polar surface area (TPSA) is 82.5 Å². The molecule has 6 nitrogen and oxygen atoms in total. The number of hydrogen-bond donors (Lipinski definition) is 2. The Bertz CT molecular complexity index is 460. The van der Waals surface area contributed by atoms with E-state index in [0.717, 1.165) is 0 Å². The normalized spacial score (nSPS) is 9.94. The van der Waals surface area contributed by atoms with E-state index in [1.807, 2.05) is 6.92 Å². The summed E-state index contributed by atoms with van der Waals surface area (Å²) >= 11 is 0. The molecule has 1 rings (SSSR count). The fraction of sp³-hybridized carbons (Fsp3) is 0.417. The van der Waals surface area contributed by atoms with Crippen molar-refractivity contribution >= 4 is 17.6 Å². The molecule has 0 saturated carbocycles. The lowest BCUT2D eigenvalue weighted by Crippen LogP contribution is -2.35. The van der Waals surface area contributed by atoms with E-state index >= 15 is 0 Å². The summed E-state index contributed by atoms with van der Waals surface area (Å²) in [6, 6.07) is 1.66. The molecule has 0 bridgehead atoms. The van der Waals surface area contributed by atoms with E-state index in [-0.39, 0.29) is 18.0 Å². The van der Waals surface area contributed by atoms with Gasteiger partial charge >= 0.3 is 5.97 Å². The second-order valence-corrected chi connectivity index (χ2v) is 3.96. The molecule has 0 aliphatic carbocycles. The van der Waals surface area contributed by atoms with Crippen molar-refractivity contribution in [3.63, 3.8) is 0 Å². The number of aromatic carboxylic acids is 1. The highest BCUT2D eigenvalue weighted by atomic mass is 16.4. The number of aromatic nitrogens is 1. The van der Waals surface area contributed by atoms with Crippen LogP contribution in [-0.4, -0.2) is 42.1 Å². The first-order valence-corrected chi connectivity index (χ1v) is 5.63. The van der Waals surface area contributed by atoms with Gasteiger partial charge in [-0.3, -0.25) is 9.78 Å². The summed E-state index contributed by atoms with van der Waals surface area (Å²) in [4.78, 5) is 28.1. The lowest BCUT2D eigenvalue weighted by atomic mass is 10.2. The minimum Gasteiger partial charge on any atom is -0.478 e. The summed E-state index contributed by atoms with van der Waals surface area (Å²) in [6.07, 6.45) is 1.31. The first-order chi connectivity index (χ1) is 8.45. The van der Waals surface area contributed by atoms with E-state index in [0.29, 0.717) is 17.9 Å². The lowest BCUT2D eigenvalue weighted by molar-refractivity contribution is -0.119. The molecule has 0 fully saturated rings. The molecule has 1 aromatic heterocycles. The zero-order valence-corrected chi connectivity index (χ0v) is 10.7. The number of amides is 1. The van der Waals surface area contributed by atoms with Crippen molar-refractivity contribution in [3.8, 4) is 0 Å². The molecule has 2 N–H and O–H groups in total. The van der Waals surface area contributed by atoms with Gasteiger partial charge < -0.3 is 15.3 Å². The molecule has 1 amide bonds. The van der Waals surface area contributed by atoms with Gasteiger partial charge in [0.25, 0.3) is 0 Å². The van der Waals surface area contributed by atoms with E-state index in [1.165, 1.54) is 6.20 Å². The maximum atomic E-state index is 11.5. The van der Waals surface area contributed by atoms with Gasteiger partial charge in [-0.1, -0.05) is 0 Å². The van der Waals surface area contributed by atoms with Crippen LogP contribution in [0.15, 0.2) is 12.3 Å². The standard InChI is InChI=1S/C12H17N3O3/c1-4-13-11(16)7-15(3)10-5-8(2)14-6-9(10)12(17)18/h5-6H,4,7H2,1-3H3,(H,13,16)(H,17,18). The Balaban J connectivity index is 2.96. The quantitative estimate of drug-likeness (QED) is 0.803. The highest BCUT2D eigenvalue weighted by molar-refractivity contribution is 5.95. The molecule has 6 heteroatoms. The Morgan fingerprint density at radius 1 is 1.50 bits per heavy atom. The van der Waals surface area contributed by atoms with Crippen LogP contribution in [0.4, 0.5) is 5.69 Å². The van der Waals surface area contributed by atoms with Crippen LogP contribution in [0.3, 0.4) is 0 Å². The molecule has 0 aliphatic rings. The molecule has 0 saturated heterocycles. The van der Waals surface area contributed by atoms with E-state index < -0.39 is 5.97 Å². The maximum absolute atomic E-state index is 11.5. The second kappa shape index (κ2) is 6.00. The summed E-state index contributed by atoms with van der Waals surface area (Å²) in [5.74, 6) is -1.20. The average Bonchev–Trinajstić information content (AvgIpc) is 2.28. The molecular formula is C12H17N3O3. The SMILES string of the molecule is CCNC(=O)CN(C)c1cc(C)ncc1C(=O)O. The molecule has 1 aromatic rings. The third-order valence-corrected chi connectivity index (χ3v) is 2.42. The van der Waals surface area contributed by atoms with Crippen LogP contribution in [0.2, 0.25) is 0 Å². The van der Waals surface area contributed by atoms with Crippen LogP contribution in [0, 0.1) is 6.92 Å². The smallest absolute Gasteiger partial charge is 0.339 e. The summed E-state index contributed by atoms with van der Waals surface area (Å²) in [6.45, 7) is 4.26. The van der Waals surface area contributed by atoms with Crippen molar-refractivity contribution < 1.29 is 14.7 Å². The third kappa shape index (κ3) is 3.44. The highest BCUT2D eigenvalue weighted by Gasteiger charge is 2.16. The fourth-order valence-corrected chi connectivity index (χ4v) is 1.58. The summed E-state index contributed by atoms with van der Waals surface area (Å²) in [7, 11) is 1.68. The Labute approximate surface area is 106 Å². The average molecular weight is 251 g/mol. The number of hydrogen-bond acceptors (Lipinski definition) is 4. The largest absolute Gasteiger partial charge is 0.478 e. The zero-order chi connectivity index (χ0) is 13.7. The molecule has 0 unspecified atom stereocenters. The van der Waals surface area contributed by atoms with Gasteiger partial charge in [-0.05, 0) is 19.9 Å². The molecular weight excluding hydrogens is 234 g/mol. The number of pyridine rings is 1. The van der Waals surface area contributed by atoms with Gasteiger partial charge in [0.1, 0.15) is 5.56 Å². The van der Waals surface area contributed by atoms with Crippen LogP contribution in [-0.2, 0) is 4.79 Å². The number of anilines is 1. The Morgan fingerprint density at radius 2 is 2.17 bits per heavy atom. The van der Waals surface area contributed by atoms with E-state index in [4.69, 9.17) is 5.11 Å². The maximum Gasteiger partial charge on any atom is 0.339 e. The minimum absolute atomic E-state index is 0.0902. The molecule has 18 heavy (non-hydrogen) atoms. The van der Waals surface area contributed by atoms with Crippen LogP contribution in [0.1, 0.15) is 23.0 Å². The van der Waals surface area contributed by atoms with Crippen molar-refractivity contribution in [3.05, 3.63) is 23.5 Å². The fourth-order valence-electron chi connectivity index (χ4n) is 1.58. The molecule has 98 valence electrons. The number of aryl methyl sites for hydroxylation is 1. The number of likely N-dealkylation sites (N-methyl/N-ethyl adjacent to an activating group) is 2. The third-order valence-electron chi connectivity index (χ3n) is 2.42. The number of carbonyl (C=O) groups excluding carboxylic acids is 1. The van der Waals surface area contributed by atoms with Gasteiger partial charge in [-0.25, -0.2) is 4.79 Å². The Hall–Kier alpha value is -2.11. The van der Waals surface area contributed by atoms with Crippen molar-refractivity contribution in [2.75, 3.05) is 25.0 Å². The first kappa shape index (κ1) is 14.0. The predicted molar refractivity (Wildman–Crippen MR) is 67.9 cm³/mol. The van der Waals surface area contributed by atoms with E-state index in [1.54, 1.807) is 24.9 Å². The number of rotatable bonds is 5. The monoisotopic (exact) mass is 251 g/mol. The van der Waals surface area contributed by atoms with Gasteiger partial charge in [0, 0.05) is 25.5 Å². The lowest BCUT2D eigenvalue weighted by Gasteiger charge is -2.20. The van der Waals surface area contributed by atoms with Gasteiger partial charge in [0.15, 0.2) is 0 Å². The first-order valence-electron chi connectivity index (χ1n) is 5.63. The summed E-state index contributed by atoms with van der Waals surface area (Å²) in [5.41, 5.74) is 1.28. The predicted octanol–water partition coefficient (Wildman–Crippen LogP) is 0.661. The Morgan fingerprint density at radius 3 is 2.72 bits per heavy atom. The molecule has 1 heterocycles. The number of carboxylic acids is 1. The summed E-state index contributed by atoms with van der Waals surface area (Å²) in [5, 5.41) is 11.7. The van der Waals surface area contributed by atoms with E-state index in [9.17, 15) is 9.59 Å². The van der Waals surface area contributed by atoms with Crippen molar-refractivity contribution in [1.29, 1.82) is 0 Å².